The largest absolute Gasteiger partial charge is 0.497 e. The SMILES string of the molecule is CCc1ccc(-c2ccc(OC)cc2)[nH]1. The Labute approximate surface area is 89.9 Å². The van der Waals surface area contributed by atoms with Crippen LogP contribution in [0.25, 0.3) is 11.3 Å². The van der Waals surface area contributed by atoms with E-state index in [0.717, 1.165) is 17.9 Å². The summed E-state index contributed by atoms with van der Waals surface area (Å²) in [6.45, 7) is 2.14. The molecule has 1 N–H and O–H groups in total. The summed E-state index contributed by atoms with van der Waals surface area (Å²) in [6.07, 6.45) is 1.04. The second-order valence-corrected chi connectivity index (χ2v) is 3.48. The number of aryl methyl sites for hydroxylation is 1. The number of H-pyrrole nitrogens is 1. The van der Waals surface area contributed by atoms with Gasteiger partial charge in [0.05, 0.1) is 7.11 Å². The molecule has 2 aromatic rings. The molecular formula is C13H15NO. The first kappa shape index (κ1) is 9.84. The van der Waals surface area contributed by atoms with Crippen molar-refractivity contribution < 1.29 is 4.74 Å². The fourth-order valence-electron chi connectivity index (χ4n) is 1.59. The van der Waals surface area contributed by atoms with Gasteiger partial charge in [-0.3, -0.25) is 0 Å². The third-order valence-corrected chi connectivity index (χ3v) is 2.53. The van der Waals surface area contributed by atoms with E-state index >= 15 is 0 Å². The van der Waals surface area contributed by atoms with Crippen LogP contribution in [0.4, 0.5) is 0 Å². The molecule has 15 heavy (non-hydrogen) atoms. The molecule has 0 spiro atoms. The lowest BCUT2D eigenvalue weighted by molar-refractivity contribution is 0.415. The van der Waals surface area contributed by atoms with Crippen molar-refractivity contribution in [1.82, 2.24) is 4.98 Å². The van der Waals surface area contributed by atoms with Crippen LogP contribution < -0.4 is 4.74 Å². The molecule has 1 aromatic heterocycles. The number of nitrogens with one attached hydrogen (secondary N) is 1. The average Bonchev–Trinajstić information content (AvgIpc) is 2.78. The van der Waals surface area contributed by atoms with Gasteiger partial charge in [-0.15, -0.1) is 0 Å². The van der Waals surface area contributed by atoms with Gasteiger partial charge in [0.25, 0.3) is 0 Å². The van der Waals surface area contributed by atoms with E-state index in [4.69, 9.17) is 4.74 Å². The number of aromatic amines is 1. The molecule has 0 aliphatic heterocycles. The summed E-state index contributed by atoms with van der Waals surface area (Å²) in [5, 5.41) is 0. The molecule has 1 aromatic carbocycles. The van der Waals surface area contributed by atoms with Gasteiger partial charge in [0.15, 0.2) is 0 Å². The van der Waals surface area contributed by atoms with Gasteiger partial charge in [-0.1, -0.05) is 6.92 Å². The smallest absolute Gasteiger partial charge is 0.118 e. The molecule has 0 aliphatic rings. The Bertz CT molecular complexity index is 428. The van der Waals surface area contributed by atoms with Crippen LogP contribution in [-0.2, 0) is 6.42 Å². The molecular weight excluding hydrogens is 186 g/mol. The summed E-state index contributed by atoms with van der Waals surface area (Å²) in [5.41, 5.74) is 3.62. The lowest BCUT2D eigenvalue weighted by atomic mass is 10.1. The molecule has 2 heteroatoms. The van der Waals surface area contributed by atoms with E-state index in [-0.39, 0.29) is 0 Å². The first-order chi connectivity index (χ1) is 7.33. The van der Waals surface area contributed by atoms with E-state index in [1.54, 1.807) is 7.11 Å². The van der Waals surface area contributed by atoms with E-state index in [2.05, 4.69) is 36.2 Å². The summed E-state index contributed by atoms with van der Waals surface area (Å²) < 4.78 is 5.12. The summed E-state index contributed by atoms with van der Waals surface area (Å²) in [4.78, 5) is 3.38. The van der Waals surface area contributed by atoms with Crippen molar-refractivity contribution in [3.8, 4) is 17.0 Å². The second-order valence-electron chi connectivity index (χ2n) is 3.48. The Morgan fingerprint density at radius 3 is 2.33 bits per heavy atom. The molecule has 0 radical (unpaired) electrons. The molecule has 0 unspecified atom stereocenters. The first-order valence-corrected chi connectivity index (χ1v) is 5.16. The van der Waals surface area contributed by atoms with Crippen molar-refractivity contribution in [2.75, 3.05) is 7.11 Å². The maximum absolute atomic E-state index is 5.12. The number of aromatic nitrogens is 1. The van der Waals surface area contributed by atoms with Crippen molar-refractivity contribution >= 4 is 0 Å². The van der Waals surface area contributed by atoms with Crippen LogP contribution in [0.15, 0.2) is 36.4 Å². The van der Waals surface area contributed by atoms with Crippen LogP contribution in [0.5, 0.6) is 5.75 Å². The molecule has 0 saturated carbocycles. The van der Waals surface area contributed by atoms with Gasteiger partial charge in [0.2, 0.25) is 0 Å². The summed E-state index contributed by atoms with van der Waals surface area (Å²) in [6, 6.07) is 12.3. The monoisotopic (exact) mass is 201 g/mol. The fourth-order valence-corrected chi connectivity index (χ4v) is 1.59. The number of hydrogen-bond donors (Lipinski definition) is 1. The zero-order valence-electron chi connectivity index (χ0n) is 9.08. The van der Waals surface area contributed by atoms with Crippen molar-refractivity contribution in [1.29, 1.82) is 0 Å². The first-order valence-electron chi connectivity index (χ1n) is 5.16. The van der Waals surface area contributed by atoms with E-state index in [1.807, 2.05) is 12.1 Å². The zero-order valence-corrected chi connectivity index (χ0v) is 9.08. The normalized spacial score (nSPS) is 10.3. The fraction of sp³-hybridized carbons (Fsp3) is 0.231. The van der Waals surface area contributed by atoms with E-state index in [9.17, 15) is 0 Å². The predicted molar refractivity (Wildman–Crippen MR) is 62.2 cm³/mol. The molecule has 2 rings (SSSR count). The molecule has 2 nitrogen and oxygen atoms in total. The minimum absolute atomic E-state index is 0.890. The quantitative estimate of drug-likeness (QED) is 0.810. The van der Waals surface area contributed by atoms with Crippen molar-refractivity contribution in [3.05, 3.63) is 42.1 Å². The Morgan fingerprint density at radius 2 is 1.80 bits per heavy atom. The molecule has 0 aliphatic carbocycles. The Balaban J connectivity index is 2.28. The highest BCUT2D eigenvalue weighted by Gasteiger charge is 2.00. The summed E-state index contributed by atoms with van der Waals surface area (Å²) in [5.74, 6) is 0.890. The lowest BCUT2D eigenvalue weighted by Crippen LogP contribution is -1.83. The molecule has 0 fully saturated rings. The van der Waals surface area contributed by atoms with Crippen molar-refractivity contribution in [2.45, 2.75) is 13.3 Å². The van der Waals surface area contributed by atoms with Gasteiger partial charge >= 0.3 is 0 Å². The highest BCUT2D eigenvalue weighted by Crippen LogP contribution is 2.21. The number of ether oxygens (including phenoxy) is 1. The Hall–Kier alpha value is -1.70. The Morgan fingerprint density at radius 1 is 1.07 bits per heavy atom. The average molecular weight is 201 g/mol. The third kappa shape index (κ3) is 2.04. The number of rotatable bonds is 3. The lowest BCUT2D eigenvalue weighted by Gasteiger charge is -2.01. The zero-order chi connectivity index (χ0) is 10.7. The second kappa shape index (κ2) is 4.22. The van der Waals surface area contributed by atoms with Crippen molar-refractivity contribution in [2.24, 2.45) is 0 Å². The molecule has 0 amide bonds. The molecule has 1 heterocycles. The van der Waals surface area contributed by atoms with Gasteiger partial charge in [-0.2, -0.15) is 0 Å². The molecule has 78 valence electrons. The highest BCUT2D eigenvalue weighted by molar-refractivity contribution is 5.60. The number of methoxy groups -OCH3 is 1. The van der Waals surface area contributed by atoms with E-state index in [1.165, 1.54) is 11.3 Å². The highest BCUT2D eigenvalue weighted by atomic mass is 16.5. The van der Waals surface area contributed by atoms with Crippen LogP contribution in [0.3, 0.4) is 0 Å². The molecule has 0 saturated heterocycles. The minimum Gasteiger partial charge on any atom is -0.497 e. The van der Waals surface area contributed by atoms with Gasteiger partial charge < -0.3 is 9.72 Å². The van der Waals surface area contributed by atoms with Gasteiger partial charge in [-0.05, 0) is 48.4 Å². The summed E-state index contributed by atoms with van der Waals surface area (Å²) >= 11 is 0. The minimum atomic E-state index is 0.890. The van der Waals surface area contributed by atoms with E-state index < -0.39 is 0 Å². The van der Waals surface area contributed by atoms with Crippen LogP contribution in [0, 0.1) is 0 Å². The maximum atomic E-state index is 5.12. The third-order valence-electron chi connectivity index (χ3n) is 2.53. The standard InChI is InChI=1S/C13H15NO/c1-3-11-6-9-13(14-11)10-4-7-12(15-2)8-5-10/h4-9,14H,3H2,1-2H3. The van der Waals surface area contributed by atoms with Gasteiger partial charge in [-0.25, -0.2) is 0 Å². The van der Waals surface area contributed by atoms with Crippen LogP contribution in [-0.4, -0.2) is 12.1 Å². The van der Waals surface area contributed by atoms with Gasteiger partial charge in [0.1, 0.15) is 5.75 Å². The van der Waals surface area contributed by atoms with E-state index in [0.29, 0.717) is 0 Å². The predicted octanol–water partition coefficient (Wildman–Crippen LogP) is 3.25. The van der Waals surface area contributed by atoms with Gasteiger partial charge in [0, 0.05) is 11.4 Å². The maximum Gasteiger partial charge on any atom is 0.118 e. The number of benzene rings is 1. The summed E-state index contributed by atoms with van der Waals surface area (Å²) in [7, 11) is 1.68. The van der Waals surface area contributed by atoms with Crippen LogP contribution >= 0.6 is 0 Å². The molecule has 0 atom stereocenters. The Kier molecular flexibility index (Phi) is 2.77. The number of hydrogen-bond acceptors (Lipinski definition) is 1. The van der Waals surface area contributed by atoms with Crippen LogP contribution in [0.2, 0.25) is 0 Å². The topological polar surface area (TPSA) is 25.0 Å². The van der Waals surface area contributed by atoms with Crippen LogP contribution in [0.1, 0.15) is 12.6 Å². The van der Waals surface area contributed by atoms with Crippen molar-refractivity contribution in [3.63, 3.8) is 0 Å². The molecule has 0 bridgehead atoms.